The Morgan fingerprint density at radius 2 is 2.18 bits per heavy atom. The van der Waals surface area contributed by atoms with Gasteiger partial charge in [0.2, 0.25) is 6.79 Å². The molecule has 1 fully saturated rings. The minimum absolute atomic E-state index is 0.138. The Kier molecular flexibility index (Phi) is 4.58. The van der Waals surface area contributed by atoms with Crippen molar-refractivity contribution in [2.45, 2.75) is 0 Å². The summed E-state index contributed by atoms with van der Waals surface area (Å²) in [7, 11) is 1.58. The van der Waals surface area contributed by atoms with Crippen LogP contribution in [0.1, 0.15) is 5.56 Å². The fraction of sp³-hybridized carbons (Fsp3) is 0.286. The van der Waals surface area contributed by atoms with Crippen LogP contribution in [0.25, 0.3) is 6.08 Å². The first-order chi connectivity index (χ1) is 10.6. The number of amides is 1. The van der Waals surface area contributed by atoms with Gasteiger partial charge in [-0.2, -0.15) is 0 Å². The molecule has 0 unspecified atom stereocenters. The van der Waals surface area contributed by atoms with Gasteiger partial charge in [-0.15, -0.1) is 0 Å². The summed E-state index contributed by atoms with van der Waals surface area (Å²) in [6.07, 6.45) is 1.72. The Labute approximate surface area is 142 Å². The third-order valence-corrected chi connectivity index (χ3v) is 4.88. The first kappa shape index (κ1) is 15.6. The highest BCUT2D eigenvalue weighted by atomic mass is 35.5. The van der Waals surface area contributed by atoms with Gasteiger partial charge >= 0.3 is 0 Å². The second kappa shape index (κ2) is 6.45. The van der Waals surface area contributed by atoms with Crippen molar-refractivity contribution < 1.29 is 19.0 Å². The lowest BCUT2D eigenvalue weighted by atomic mass is 10.2. The van der Waals surface area contributed by atoms with E-state index in [1.807, 2.05) is 0 Å². The van der Waals surface area contributed by atoms with Crippen molar-refractivity contribution in [2.24, 2.45) is 0 Å². The van der Waals surface area contributed by atoms with E-state index in [-0.39, 0.29) is 12.7 Å². The first-order valence-corrected chi connectivity index (χ1v) is 8.04. The summed E-state index contributed by atoms with van der Waals surface area (Å²) in [4.78, 5) is 14.4. The van der Waals surface area contributed by atoms with Crippen molar-refractivity contribution in [3.8, 4) is 11.5 Å². The maximum atomic E-state index is 12.4. The summed E-state index contributed by atoms with van der Waals surface area (Å²) in [5.41, 5.74) is 0.693. The van der Waals surface area contributed by atoms with Gasteiger partial charge < -0.3 is 14.2 Å². The molecule has 0 spiro atoms. The number of hydrogen-bond acceptors (Lipinski definition) is 6. The summed E-state index contributed by atoms with van der Waals surface area (Å²) < 4.78 is 16.1. The third-order valence-electron chi connectivity index (χ3n) is 3.17. The van der Waals surface area contributed by atoms with E-state index < -0.39 is 0 Å². The number of carbonyl (C=O) groups excluding carboxylic acids is 1. The van der Waals surface area contributed by atoms with E-state index >= 15 is 0 Å². The van der Waals surface area contributed by atoms with Gasteiger partial charge in [-0.25, -0.2) is 0 Å². The van der Waals surface area contributed by atoms with E-state index in [9.17, 15) is 4.79 Å². The number of nitrogens with zero attached hydrogens (tertiary/aromatic N) is 1. The zero-order valence-electron chi connectivity index (χ0n) is 11.6. The van der Waals surface area contributed by atoms with Crippen molar-refractivity contribution in [1.82, 2.24) is 4.90 Å². The van der Waals surface area contributed by atoms with Crippen molar-refractivity contribution in [2.75, 3.05) is 27.1 Å². The van der Waals surface area contributed by atoms with Gasteiger partial charge in [0, 0.05) is 13.2 Å². The molecule has 1 aromatic carbocycles. The fourth-order valence-corrected chi connectivity index (χ4v) is 3.57. The van der Waals surface area contributed by atoms with Gasteiger partial charge in [-0.05, 0) is 17.7 Å². The zero-order valence-corrected chi connectivity index (χ0v) is 14.0. The molecule has 0 saturated carbocycles. The average molecular weight is 358 g/mol. The van der Waals surface area contributed by atoms with Crippen molar-refractivity contribution >= 4 is 51.9 Å². The van der Waals surface area contributed by atoms with Crippen LogP contribution in [0.5, 0.6) is 11.5 Å². The van der Waals surface area contributed by atoms with Crippen molar-refractivity contribution in [1.29, 1.82) is 0 Å². The van der Waals surface area contributed by atoms with Crippen molar-refractivity contribution in [3.05, 3.63) is 27.6 Å². The number of rotatable bonds is 4. The minimum Gasteiger partial charge on any atom is -0.454 e. The molecule has 116 valence electrons. The van der Waals surface area contributed by atoms with Gasteiger partial charge in [-0.3, -0.25) is 9.69 Å². The maximum Gasteiger partial charge on any atom is 0.266 e. The number of thioether (sulfide) groups is 1. The van der Waals surface area contributed by atoms with Crippen LogP contribution in [0, 0.1) is 0 Å². The molecule has 0 bridgehead atoms. The molecule has 8 heteroatoms. The molecule has 22 heavy (non-hydrogen) atoms. The van der Waals surface area contributed by atoms with Crippen LogP contribution < -0.4 is 9.47 Å². The standard InChI is InChI=1S/C14H12ClNO4S2/c1-18-3-2-16-13(17)12(22-14(16)21)5-8-4-10-11(6-9(8)15)20-7-19-10/h4-6H,2-3,7H2,1H3. The Morgan fingerprint density at radius 3 is 2.91 bits per heavy atom. The number of halogens is 1. The van der Waals surface area contributed by atoms with Gasteiger partial charge in [0.25, 0.3) is 5.91 Å². The molecule has 1 aromatic rings. The molecule has 0 atom stereocenters. The maximum absolute atomic E-state index is 12.4. The predicted molar refractivity (Wildman–Crippen MR) is 89.3 cm³/mol. The number of methoxy groups -OCH3 is 1. The molecule has 5 nitrogen and oxygen atoms in total. The summed E-state index contributed by atoms with van der Waals surface area (Å²) in [6, 6.07) is 3.44. The van der Waals surface area contributed by atoms with E-state index in [0.717, 1.165) is 0 Å². The van der Waals surface area contributed by atoms with Gasteiger partial charge in [0.05, 0.1) is 23.1 Å². The molecule has 2 aliphatic heterocycles. The van der Waals surface area contributed by atoms with E-state index in [1.54, 1.807) is 25.3 Å². The lowest BCUT2D eigenvalue weighted by Crippen LogP contribution is -2.31. The summed E-state index contributed by atoms with van der Waals surface area (Å²) >= 11 is 12.7. The first-order valence-electron chi connectivity index (χ1n) is 6.43. The van der Waals surface area contributed by atoms with Crippen LogP contribution in [-0.2, 0) is 9.53 Å². The molecule has 1 amide bonds. The normalized spacial score (nSPS) is 18.6. The molecule has 1 saturated heterocycles. The largest absolute Gasteiger partial charge is 0.454 e. The number of ether oxygens (including phenoxy) is 3. The van der Waals surface area contributed by atoms with Gasteiger partial charge in [0.1, 0.15) is 4.32 Å². The topological polar surface area (TPSA) is 48.0 Å². The van der Waals surface area contributed by atoms with Crippen LogP contribution in [-0.4, -0.2) is 42.2 Å². The molecule has 0 radical (unpaired) electrons. The minimum atomic E-state index is -0.138. The van der Waals surface area contributed by atoms with Crippen LogP contribution in [0.3, 0.4) is 0 Å². The predicted octanol–water partition coefficient (Wildman–Crippen LogP) is 2.92. The molecule has 2 aliphatic rings. The molecule has 0 aromatic heterocycles. The summed E-state index contributed by atoms with van der Waals surface area (Å²) in [5.74, 6) is 1.08. The molecular weight excluding hydrogens is 346 g/mol. The summed E-state index contributed by atoms with van der Waals surface area (Å²) in [6.45, 7) is 1.05. The number of hydrogen-bond donors (Lipinski definition) is 0. The lowest BCUT2D eigenvalue weighted by molar-refractivity contribution is -0.122. The Balaban J connectivity index is 1.87. The highest BCUT2D eigenvalue weighted by Crippen LogP contribution is 2.39. The van der Waals surface area contributed by atoms with Crippen LogP contribution in [0.4, 0.5) is 0 Å². The van der Waals surface area contributed by atoms with Crippen LogP contribution in [0.15, 0.2) is 17.0 Å². The molecule has 0 N–H and O–H groups in total. The second-order valence-corrected chi connectivity index (χ2v) is 6.64. The number of benzene rings is 1. The lowest BCUT2D eigenvalue weighted by Gasteiger charge is -2.12. The molecular formula is C14H12ClNO4S2. The van der Waals surface area contributed by atoms with Gasteiger partial charge in [0.15, 0.2) is 11.5 Å². The second-order valence-electron chi connectivity index (χ2n) is 4.55. The average Bonchev–Trinajstić information content (AvgIpc) is 3.03. The molecule has 0 aliphatic carbocycles. The fourth-order valence-electron chi connectivity index (χ4n) is 2.06. The van der Waals surface area contributed by atoms with E-state index in [0.29, 0.717) is 44.5 Å². The highest BCUT2D eigenvalue weighted by molar-refractivity contribution is 8.26. The number of thiocarbonyl (C=S) groups is 1. The molecule has 3 rings (SSSR count). The van der Waals surface area contributed by atoms with E-state index in [2.05, 4.69) is 0 Å². The van der Waals surface area contributed by atoms with Crippen molar-refractivity contribution in [3.63, 3.8) is 0 Å². The van der Waals surface area contributed by atoms with Gasteiger partial charge in [-0.1, -0.05) is 35.6 Å². The van der Waals surface area contributed by atoms with Crippen LogP contribution >= 0.6 is 35.6 Å². The molecule has 2 heterocycles. The quantitative estimate of drug-likeness (QED) is 0.610. The monoisotopic (exact) mass is 357 g/mol. The Bertz CT molecular complexity index is 677. The number of carbonyl (C=O) groups is 1. The van der Waals surface area contributed by atoms with E-state index in [4.69, 9.17) is 38.0 Å². The highest BCUT2D eigenvalue weighted by Gasteiger charge is 2.32. The number of fused-ring (bicyclic) bond motifs is 1. The summed E-state index contributed by atoms with van der Waals surface area (Å²) in [5, 5.41) is 0.492. The van der Waals surface area contributed by atoms with E-state index in [1.165, 1.54) is 16.7 Å². The SMILES string of the molecule is COCCN1C(=O)C(=Cc2cc3c(cc2Cl)OCO3)SC1=S. The smallest absolute Gasteiger partial charge is 0.266 e. The zero-order chi connectivity index (χ0) is 15.7. The Morgan fingerprint density at radius 1 is 1.45 bits per heavy atom. The third kappa shape index (κ3) is 2.94. The Hall–Kier alpha value is -1.28. The van der Waals surface area contributed by atoms with Crippen LogP contribution in [0.2, 0.25) is 5.02 Å².